The van der Waals surface area contributed by atoms with Gasteiger partial charge in [-0.2, -0.15) is 0 Å². The van der Waals surface area contributed by atoms with Crippen LogP contribution in [0.15, 0.2) is 24.3 Å². The summed E-state index contributed by atoms with van der Waals surface area (Å²) in [6.07, 6.45) is 3.64. The molecule has 0 heterocycles. The lowest BCUT2D eigenvalue weighted by molar-refractivity contribution is 0.138. The molecule has 0 radical (unpaired) electrons. The topological polar surface area (TPSA) is 30.5 Å². The summed E-state index contributed by atoms with van der Waals surface area (Å²) in [5.74, 6) is 0.906. The van der Waals surface area contributed by atoms with Gasteiger partial charge in [-0.15, -0.1) is 0 Å². The predicted molar refractivity (Wildman–Crippen MR) is 68.5 cm³/mol. The number of hydrogen-bond donors (Lipinski definition) is 1. The molecule has 1 saturated carbocycles. The van der Waals surface area contributed by atoms with Gasteiger partial charge in [-0.1, -0.05) is 12.1 Å². The molecule has 0 amide bonds. The minimum atomic E-state index is 0.778. The summed E-state index contributed by atoms with van der Waals surface area (Å²) in [7, 11) is 1.69. The van der Waals surface area contributed by atoms with Crippen molar-refractivity contribution in [2.45, 2.75) is 25.3 Å². The first-order chi connectivity index (χ1) is 8.38. The maximum absolute atomic E-state index is 5.58. The summed E-state index contributed by atoms with van der Waals surface area (Å²) in [4.78, 5) is 0. The summed E-state index contributed by atoms with van der Waals surface area (Å²) in [5, 5.41) is 3.43. The largest absolute Gasteiger partial charge is 0.497 e. The van der Waals surface area contributed by atoms with E-state index in [1.807, 2.05) is 12.1 Å². The van der Waals surface area contributed by atoms with Crippen molar-refractivity contribution >= 4 is 0 Å². The van der Waals surface area contributed by atoms with E-state index in [-0.39, 0.29) is 0 Å². The van der Waals surface area contributed by atoms with Crippen LogP contribution in [0.3, 0.4) is 0 Å². The molecule has 3 nitrogen and oxygen atoms in total. The van der Waals surface area contributed by atoms with Gasteiger partial charge in [0.2, 0.25) is 0 Å². The van der Waals surface area contributed by atoms with Crippen LogP contribution in [-0.2, 0) is 11.2 Å². The maximum atomic E-state index is 5.58. The molecule has 1 N–H and O–H groups in total. The summed E-state index contributed by atoms with van der Waals surface area (Å²) in [5.41, 5.74) is 1.29. The van der Waals surface area contributed by atoms with Crippen molar-refractivity contribution in [1.29, 1.82) is 0 Å². The molecule has 0 atom stereocenters. The van der Waals surface area contributed by atoms with Crippen LogP contribution >= 0.6 is 0 Å². The minimum absolute atomic E-state index is 0.778. The molecule has 0 aliphatic heterocycles. The average molecular weight is 235 g/mol. The van der Waals surface area contributed by atoms with E-state index in [1.165, 1.54) is 18.4 Å². The van der Waals surface area contributed by atoms with Crippen LogP contribution in [0.25, 0.3) is 0 Å². The van der Waals surface area contributed by atoms with Crippen LogP contribution < -0.4 is 10.1 Å². The summed E-state index contributed by atoms with van der Waals surface area (Å²) < 4.78 is 10.7. The molecule has 0 bridgehead atoms. The highest BCUT2D eigenvalue weighted by Crippen LogP contribution is 2.17. The smallest absolute Gasteiger partial charge is 0.118 e. The Kier molecular flexibility index (Phi) is 4.83. The quantitative estimate of drug-likeness (QED) is 0.699. The van der Waals surface area contributed by atoms with Gasteiger partial charge in [0, 0.05) is 12.6 Å². The van der Waals surface area contributed by atoms with E-state index in [0.717, 1.165) is 38.0 Å². The summed E-state index contributed by atoms with van der Waals surface area (Å²) >= 11 is 0. The number of rotatable bonds is 8. The summed E-state index contributed by atoms with van der Waals surface area (Å²) in [6, 6.07) is 8.93. The molecule has 0 spiro atoms. The standard InChI is InChI=1S/C14H21NO2/c1-16-14-6-2-12(3-7-14)8-10-17-11-9-15-13-4-5-13/h2-3,6-7,13,15H,4-5,8-11H2,1H3. The first-order valence-corrected chi connectivity index (χ1v) is 6.32. The lowest BCUT2D eigenvalue weighted by atomic mass is 10.1. The molecule has 0 aromatic heterocycles. The lowest BCUT2D eigenvalue weighted by Crippen LogP contribution is -2.22. The van der Waals surface area contributed by atoms with E-state index >= 15 is 0 Å². The Morgan fingerprint density at radius 2 is 1.94 bits per heavy atom. The van der Waals surface area contributed by atoms with Crippen molar-refractivity contribution in [3.63, 3.8) is 0 Å². The third-order valence-corrected chi connectivity index (χ3v) is 2.95. The van der Waals surface area contributed by atoms with Crippen LogP contribution in [-0.4, -0.2) is 32.9 Å². The lowest BCUT2D eigenvalue weighted by Gasteiger charge is -2.06. The molecule has 0 unspecified atom stereocenters. The van der Waals surface area contributed by atoms with Crippen molar-refractivity contribution in [2.75, 3.05) is 26.9 Å². The van der Waals surface area contributed by atoms with E-state index in [2.05, 4.69) is 17.4 Å². The van der Waals surface area contributed by atoms with E-state index in [0.29, 0.717) is 0 Å². The Morgan fingerprint density at radius 1 is 1.18 bits per heavy atom. The third-order valence-electron chi connectivity index (χ3n) is 2.95. The second kappa shape index (κ2) is 6.62. The zero-order chi connectivity index (χ0) is 11.9. The highest BCUT2D eigenvalue weighted by atomic mass is 16.5. The van der Waals surface area contributed by atoms with Gasteiger partial charge in [0.25, 0.3) is 0 Å². The number of methoxy groups -OCH3 is 1. The van der Waals surface area contributed by atoms with Gasteiger partial charge in [0.15, 0.2) is 0 Å². The highest BCUT2D eigenvalue weighted by molar-refractivity contribution is 5.27. The van der Waals surface area contributed by atoms with Crippen molar-refractivity contribution in [3.8, 4) is 5.75 Å². The van der Waals surface area contributed by atoms with Gasteiger partial charge in [-0.25, -0.2) is 0 Å². The normalized spacial score (nSPS) is 14.9. The van der Waals surface area contributed by atoms with Crippen LogP contribution in [0.5, 0.6) is 5.75 Å². The highest BCUT2D eigenvalue weighted by Gasteiger charge is 2.19. The molecule has 1 aliphatic carbocycles. The van der Waals surface area contributed by atoms with E-state index < -0.39 is 0 Å². The molecular formula is C14H21NO2. The molecule has 1 aromatic carbocycles. The van der Waals surface area contributed by atoms with Crippen LogP contribution in [0, 0.1) is 0 Å². The second-order valence-corrected chi connectivity index (χ2v) is 4.44. The zero-order valence-electron chi connectivity index (χ0n) is 10.4. The first kappa shape index (κ1) is 12.4. The molecule has 2 rings (SSSR count). The predicted octanol–water partition coefficient (Wildman–Crippen LogP) is 2.01. The Morgan fingerprint density at radius 3 is 2.59 bits per heavy atom. The average Bonchev–Trinajstić information content (AvgIpc) is 3.18. The molecular weight excluding hydrogens is 214 g/mol. The van der Waals surface area contributed by atoms with Crippen molar-refractivity contribution in [1.82, 2.24) is 5.32 Å². The molecule has 94 valence electrons. The van der Waals surface area contributed by atoms with Crippen LogP contribution in [0.2, 0.25) is 0 Å². The Labute approximate surface area is 103 Å². The second-order valence-electron chi connectivity index (χ2n) is 4.44. The fourth-order valence-electron chi connectivity index (χ4n) is 1.71. The van der Waals surface area contributed by atoms with Crippen LogP contribution in [0.4, 0.5) is 0 Å². The van der Waals surface area contributed by atoms with E-state index in [4.69, 9.17) is 9.47 Å². The number of hydrogen-bond acceptors (Lipinski definition) is 3. The summed E-state index contributed by atoms with van der Waals surface area (Å²) in [6.45, 7) is 2.58. The number of nitrogens with one attached hydrogen (secondary N) is 1. The van der Waals surface area contributed by atoms with Crippen molar-refractivity contribution in [2.24, 2.45) is 0 Å². The van der Waals surface area contributed by atoms with E-state index in [1.54, 1.807) is 7.11 Å². The Hall–Kier alpha value is -1.06. The SMILES string of the molecule is COc1ccc(CCOCCNC2CC2)cc1. The third kappa shape index (κ3) is 4.75. The molecule has 17 heavy (non-hydrogen) atoms. The van der Waals surface area contributed by atoms with Gasteiger partial charge in [0.05, 0.1) is 20.3 Å². The Bertz CT molecular complexity index is 319. The van der Waals surface area contributed by atoms with Gasteiger partial charge >= 0.3 is 0 Å². The van der Waals surface area contributed by atoms with E-state index in [9.17, 15) is 0 Å². The molecule has 1 fully saturated rings. The van der Waals surface area contributed by atoms with Gasteiger partial charge < -0.3 is 14.8 Å². The molecule has 1 aromatic rings. The van der Waals surface area contributed by atoms with Gasteiger partial charge in [0.1, 0.15) is 5.75 Å². The monoisotopic (exact) mass is 235 g/mol. The van der Waals surface area contributed by atoms with Crippen molar-refractivity contribution < 1.29 is 9.47 Å². The maximum Gasteiger partial charge on any atom is 0.118 e. The number of benzene rings is 1. The van der Waals surface area contributed by atoms with Crippen LogP contribution in [0.1, 0.15) is 18.4 Å². The molecule has 3 heteroatoms. The minimum Gasteiger partial charge on any atom is -0.497 e. The van der Waals surface area contributed by atoms with Crippen molar-refractivity contribution in [3.05, 3.63) is 29.8 Å². The first-order valence-electron chi connectivity index (χ1n) is 6.32. The molecule has 1 aliphatic rings. The van der Waals surface area contributed by atoms with Gasteiger partial charge in [-0.3, -0.25) is 0 Å². The molecule has 0 saturated heterocycles. The fraction of sp³-hybridized carbons (Fsp3) is 0.571. The fourth-order valence-corrected chi connectivity index (χ4v) is 1.71. The number of ether oxygens (including phenoxy) is 2. The Balaban J connectivity index is 1.53. The van der Waals surface area contributed by atoms with Gasteiger partial charge in [-0.05, 0) is 37.0 Å². The zero-order valence-corrected chi connectivity index (χ0v) is 10.4.